The molecular formula is C17H15N3OS. The number of benzene rings is 1. The predicted molar refractivity (Wildman–Crippen MR) is 89.3 cm³/mol. The van der Waals surface area contributed by atoms with Gasteiger partial charge in [-0.1, -0.05) is 41.6 Å². The average Bonchev–Trinajstić information content (AvgIpc) is 3.25. The fraction of sp³-hybridized carbons (Fsp3) is 0.176. The lowest BCUT2D eigenvalue weighted by molar-refractivity contribution is 0.435. The molecule has 3 heterocycles. The normalized spacial score (nSPS) is 14.5. The van der Waals surface area contributed by atoms with Gasteiger partial charge in [0.25, 0.3) is 0 Å². The highest BCUT2D eigenvalue weighted by molar-refractivity contribution is 7.13. The van der Waals surface area contributed by atoms with Crippen LogP contribution in [0.1, 0.15) is 12.0 Å². The van der Waals surface area contributed by atoms with E-state index in [-0.39, 0.29) is 0 Å². The van der Waals surface area contributed by atoms with Crippen molar-refractivity contribution in [2.24, 2.45) is 4.99 Å². The van der Waals surface area contributed by atoms with Crippen LogP contribution in [-0.2, 0) is 0 Å². The lowest BCUT2D eigenvalue weighted by Gasteiger charge is -2.15. The van der Waals surface area contributed by atoms with Gasteiger partial charge in [-0.2, -0.15) is 0 Å². The molecule has 0 unspecified atom stereocenters. The number of rotatable bonds is 3. The van der Waals surface area contributed by atoms with Gasteiger partial charge in [-0.25, -0.2) is 0 Å². The Balaban J connectivity index is 1.91. The summed E-state index contributed by atoms with van der Waals surface area (Å²) >= 11 is 1.65. The van der Waals surface area contributed by atoms with Gasteiger partial charge in [-0.3, -0.25) is 4.99 Å². The Bertz CT molecular complexity index is 791. The summed E-state index contributed by atoms with van der Waals surface area (Å²) in [6, 6.07) is 14.2. The van der Waals surface area contributed by atoms with Crippen molar-refractivity contribution in [3.63, 3.8) is 0 Å². The number of amidine groups is 1. The first-order chi connectivity index (χ1) is 10.9. The summed E-state index contributed by atoms with van der Waals surface area (Å²) in [6.45, 7) is 1.77. The van der Waals surface area contributed by atoms with Gasteiger partial charge in [-0.15, -0.1) is 11.3 Å². The van der Waals surface area contributed by atoms with Gasteiger partial charge in [-0.05, 0) is 17.9 Å². The van der Waals surface area contributed by atoms with E-state index in [1.807, 2.05) is 47.8 Å². The first-order valence-corrected chi connectivity index (χ1v) is 8.19. The van der Waals surface area contributed by atoms with Crippen LogP contribution < -0.4 is 5.32 Å². The second-order valence-corrected chi connectivity index (χ2v) is 6.04. The quantitative estimate of drug-likeness (QED) is 0.800. The highest BCUT2D eigenvalue weighted by Gasteiger charge is 2.24. The van der Waals surface area contributed by atoms with Crippen molar-refractivity contribution in [2.45, 2.75) is 6.42 Å². The number of nitrogens with zero attached hydrogens (tertiary/aromatic N) is 2. The molecule has 1 aliphatic rings. The Morgan fingerprint density at radius 3 is 2.73 bits per heavy atom. The summed E-state index contributed by atoms with van der Waals surface area (Å²) in [5, 5.41) is 9.76. The van der Waals surface area contributed by atoms with Crippen molar-refractivity contribution in [2.75, 3.05) is 13.1 Å². The molecule has 0 bridgehead atoms. The third-order valence-electron chi connectivity index (χ3n) is 3.62. The monoisotopic (exact) mass is 309 g/mol. The molecule has 4 nitrogen and oxygen atoms in total. The molecule has 0 amide bonds. The Kier molecular flexibility index (Phi) is 3.48. The third-order valence-corrected chi connectivity index (χ3v) is 4.49. The summed E-state index contributed by atoms with van der Waals surface area (Å²) in [5.74, 6) is 1.68. The first-order valence-electron chi connectivity index (χ1n) is 7.31. The molecule has 110 valence electrons. The fourth-order valence-corrected chi connectivity index (χ4v) is 3.29. The summed E-state index contributed by atoms with van der Waals surface area (Å²) in [4.78, 5) is 5.71. The Hall–Kier alpha value is -2.40. The molecule has 0 radical (unpaired) electrons. The molecule has 3 aromatic rings. The van der Waals surface area contributed by atoms with Gasteiger partial charge >= 0.3 is 0 Å². The van der Waals surface area contributed by atoms with Gasteiger partial charge in [0.2, 0.25) is 0 Å². The van der Waals surface area contributed by atoms with Gasteiger partial charge in [0, 0.05) is 18.7 Å². The molecule has 2 aromatic heterocycles. The van der Waals surface area contributed by atoms with Crippen molar-refractivity contribution in [1.29, 1.82) is 0 Å². The second-order valence-electron chi connectivity index (χ2n) is 5.09. The molecule has 0 spiro atoms. The Morgan fingerprint density at radius 1 is 1.09 bits per heavy atom. The zero-order valence-electron chi connectivity index (χ0n) is 12.0. The lowest BCUT2D eigenvalue weighted by atomic mass is 10.0. The fourth-order valence-electron chi connectivity index (χ4n) is 2.58. The standard InChI is InChI=1S/C17H15N3OS/c1-2-6-12(7-3-1)15-14(17-18-9-5-10-19-17)16(21-20-15)13-8-4-11-22-13/h1-4,6-8,11H,5,9-10H2,(H,18,19). The predicted octanol–water partition coefficient (Wildman–Crippen LogP) is 3.81. The summed E-state index contributed by atoms with van der Waals surface area (Å²) in [7, 11) is 0. The maximum Gasteiger partial charge on any atom is 0.188 e. The second kappa shape index (κ2) is 5.77. The Labute approximate surface area is 132 Å². The van der Waals surface area contributed by atoms with Crippen molar-refractivity contribution in [3.8, 4) is 21.9 Å². The number of aromatic nitrogens is 1. The maximum absolute atomic E-state index is 5.69. The van der Waals surface area contributed by atoms with Crippen LogP contribution in [0.2, 0.25) is 0 Å². The van der Waals surface area contributed by atoms with E-state index < -0.39 is 0 Å². The van der Waals surface area contributed by atoms with E-state index in [9.17, 15) is 0 Å². The van der Waals surface area contributed by atoms with Crippen LogP contribution in [0.5, 0.6) is 0 Å². The SMILES string of the molecule is c1ccc(-c2noc(-c3cccs3)c2C2=NCCCN2)cc1. The van der Waals surface area contributed by atoms with Crippen molar-refractivity contribution in [1.82, 2.24) is 10.5 Å². The van der Waals surface area contributed by atoms with Crippen LogP contribution in [0.4, 0.5) is 0 Å². The summed E-state index contributed by atoms with van der Waals surface area (Å²) < 4.78 is 5.69. The molecule has 0 fully saturated rings. The van der Waals surface area contributed by atoms with E-state index in [1.54, 1.807) is 11.3 Å². The molecular weight excluding hydrogens is 294 g/mol. The third kappa shape index (κ3) is 2.33. The highest BCUT2D eigenvalue weighted by Crippen LogP contribution is 2.34. The maximum atomic E-state index is 5.69. The van der Waals surface area contributed by atoms with E-state index in [1.165, 1.54) is 0 Å². The minimum Gasteiger partial charge on any atom is -0.370 e. The van der Waals surface area contributed by atoms with Gasteiger partial charge in [0.15, 0.2) is 5.76 Å². The summed E-state index contributed by atoms with van der Waals surface area (Å²) in [6.07, 6.45) is 1.06. The zero-order valence-corrected chi connectivity index (χ0v) is 12.8. The van der Waals surface area contributed by atoms with Crippen molar-refractivity contribution >= 4 is 17.2 Å². The zero-order chi connectivity index (χ0) is 14.8. The lowest BCUT2D eigenvalue weighted by Crippen LogP contribution is -2.30. The van der Waals surface area contributed by atoms with Gasteiger partial charge in [0.05, 0.1) is 10.4 Å². The number of aliphatic imine (C=N–C) groups is 1. The van der Waals surface area contributed by atoms with Crippen LogP contribution in [-0.4, -0.2) is 24.1 Å². The number of hydrogen-bond donors (Lipinski definition) is 1. The summed E-state index contributed by atoms with van der Waals surface area (Å²) in [5.41, 5.74) is 2.85. The Morgan fingerprint density at radius 2 is 2.00 bits per heavy atom. The van der Waals surface area contributed by atoms with Crippen molar-refractivity contribution < 1.29 is 4.52 Å². The number of nitrogens with one attached hydrogen (secondary N) is 1. The van der Waals surface area contributed by atoms with E-state index >= 15 is 0 Å². The molecule has 0 saturated carbocycles. The molecule has 1 aliphatic heterocycles. The molecule has 22 heavy (non-hydrogen) atoms. The average molecular weight is 309 g/mol. The van der Waals surface area contributed by atoms with Gasteiger partial charge in [0.1, 0.15) is 11.5 Å². The molecule has 1 N–H and O–H groups in total. The smallest absolute Gasteiger partial charge is 0.188 e. The van der Waals surface area contributed by atoms with E-state index in [0.29, 0.717) is 0 Å². The van der Waals surface area contributed by atoms with E-state index in [2.05, 4.69) is 15.5 Å². The highest BCUT2D eigenvalue weighted by atomic mass is 32.1. The van der Waals surface area contributed by atoms with E-state index in [0.717, 1.165) is 52.8 Å². The van der Waals surface area contributed by atoms with Gasteiger partial charge < -0.3 is 9.84 Å². The van der Waals surface area contributed by atoms with E-state index in [4.69, 9.17) is 4.52 Å². The molecule has 1 aromatic carbocycles. The van der Waals surface area contributed by atoms with Crippen LogP contribution in [0.15, 0.2) is 57.4 Å². The number of hydrogen-bond acceptors (Lipinski definition) is 5. The largest absolute Gasteiger partial charge is 0.370 e. The van der Waals surface area contributed by atoms with Crippen LogP contribution in [0.25, 0.3) is 21.9 Å². The first kappa shape index (κ1) is 13.3. The van der Waals surface area contributed by atoms with Crippen molar-refractivity contribution in [3.05, 3.63) is 53.4 Å². The minimum atomic E-state index is 0.794. The molecule has 0 atom stereocenters. The molecule has 0 aliphatic carbocycles. The minimum absolute atomic E-state index is 0.794. The number of thiophene rings is 1. The van der Waals surface area contributed by atoms with Crippen LogP contribution >= 0.6 is 11.3 Å². The molecule has 4 rings (SSSR count). The molecule has 5 heteroatoms. The topological polar surface area (TPSA) is 50.4 Å². The molecule has 0 saturated heterocycles. The van der Waals surface area contributed by atoms with Crippen LogP contribution in [0.3, 0.4) is 0 Å². The van der Waals surface area contributed by atoms with Crippen LogP contribution in [0, 0.1) is 0 Å².